The van der Waals surface area contributed by atoms with Gasteiger partial charge in [0.2, 0.25) is 5.91 Å². The van der Waals surface area contributed by atoms with E-state index in [1.165, 1.54) is 14.0 Å². The molecule has 3 rings (SSSR count). The van der Waals surface area contributed by atoms with Crippen LogP contribution >= 0.6 is 0 Å². The fourth-order valence-electron chi connectivity index (χ4n) is 6.09. The number of nitrogens with one attached hydrogen (secondary N) is 3. The monoisotopic (exact) mass is 610 g/mol. The van der Waals surface area contributed by atoms with E-state index < -0.39 is 96.8 Å². The summed E-state index contributed by atoms with van der Waals surface area (Å²) < 4.78 is 17.7. The molecule has 0 radical (unpaired) electrons. The summed E-state index contributed by atoms with van der Waals surface area (Å²) in [6, 6.07) is -2.83. The standard InChI is InChI=1S/C25H50N6O11/c1-25(39)9-40-24(19(37)22(25)29-2)42-20-11(31-23(38)12(32)7-27)6-10(28)14(16(20)34)21-18(36)17(35)15(33)13(41-21)8-30-5-3-4-26/h10-22,24,29-30,32-37,39H,3-9,26-28H2,1-2H3,(H,31,38). The van der Waals surface area contributed by atoms with E-state index in [-0.39, 0.29) is 26.1 Å². The fraction of sp³-hybridized carbons (Fsp3) is 0.960. The number of carbonyl (C=O) groups excluding carboxylic acids is 1. The topological polar surface area (TPSA) is 301 Å². The first-order chi connectivity index (χ1) is 19.8. The van der Waals surface area contributed by atoms with Crippen molar-refractivity contribution in [1.82, 2.24) is 16.0 Å². The lowest BCUT2D eigenvalue weighted by Gasteiger charge is -2.52. The van der Waals surface area contributed by atoms with Gasteiger partial charge >= 0.3 is 0 Å². The van der Waals surface area contributed by atoms with E-state index in [1.807, 2.05) is 0 Å². The van der Waals surface area contributed by atoms with E-state index in [1.54, 1.807) is 0 Å². The highest BCUT2D eigenvalue weighted by Gasteiger charge is 2.56. The van der Waals surface area contributed by atoms with Crippen LogP contribution in [0.4, 0.5) is 0 Å². The highest BCUT2D eigenvalue weighted by atomic mass is 16.7. The molecule has 2 heterocycles. The second-order valence-corrected chi connectivity index (χ2v) is 11.7. The van der Waals surface area contributed by atoms with E-state index in [9.17, 15) is 40.5 Å². The van der Waals surface area contributed by atoms with Crippen molar-refractivity contribution in [2.45, 2.75) is 105 Å². The number of likely N-dealkylation sites (N-methyl/N-ethyl adjacent to an activating group) is 1. The van der Waals surface area contributed by atoms with Gasteiger partial charge in [0.25, 0.3) is 0 Å². The van der Waals surface area contributed by atoms with Crippen molar-refractivity contribution < 1.29 is 54.8 Å². The number of hydrogen-bond donors (Lipinski definition) is 13. The summed E-state index contributed by atoms with van der Waals surface area (Å²) in [5.74, 6) is -1.93. The van der Waals surface area contributed by atoms with Crippen molar-refractivity contribution in [3.8, 4) is 0 Å². The molecule has 246 valence electrons. The molecule has 0 bridgehead atoms. The van der Waals surface area contributed by atoms with Crippen molar-refractivity contribution in [1.29, 1.82) is 0 Å². The molecule has 0 spiro atoms. The first kappa shape index (κ1) is 35.4. The van der Waals surface area contributed by atoms with Crippen molar-refractivity contribution >= 4 is 5.91 Å². The summed E-state index contributed by atoms with van der Waals surface area (Å²) >= 11 is 0. The minimum absolute atomic E-state index is 0.0456. The highest BCUT2D eigenvalue weighted by molar-refractivity contribution is 5.81. The van der Waals surface area contributed by atoms with Crippen LogP contribution in [0.5, 0.6) is 0 Å². The number of carbonyl (C=O) groups is 1. The molecule has 1 saturated carbocycles. The Hall–Kier alpha value is -1.13. The summed E-state index contributed by atoms with van der Waals surface area (Å²) in [5, 5.41) is 83.8. The smallest absolute Gasteiger partial charge is 0.250 e. The maximum absolute atomic E-state index is 12.6. The molecule has 17 heteroatoms. The summed E-state index contributed by atoms with van der Waals surface area (Å²) in [6.07, 6.45) is -13.6. The van der Waals surface area contributed by atoms with E-state index >= 15 is 0 Å². The third kappa shape index (κ3) is 7.74. The number of nitrogens with two attached hydrogens (primary N) is 3. The second-order valence-electron chi connectivity index (χ2n) is 11.7. The minimum Gasteiger partial charge on any atom is -0.390 e. The molecule has 1 aliphatic carbocycles. The van der Waals surface area contributed by atoms with Crippen molar-refractivity contribution in [2.75, 3.05) is 39.8 Å². The number of rotatable bonds is 12. The summed E-state index contributed by atoms with van der Waals surface area (Å²) in [4.78, 5) is 12.6. The number of aliphatic hydroxyl groups is 7. The van der Waals surface area contributed by atoms with Gasteiger partial charge in [-0.1, -0.05) is 0 Å². The SMILES string of the molecule is CNC1C(O)C(OC2C(NC(=O)C(O)CN)CC(N)C(C3OC(CNCCCN)C(O)C(O)C3O)C2O)OCC1(C)O. The number of ether oxygens (including phenoxy) is 3. The number of aliphatic hydroxyl groups excluding tert-OH is 6. The van der Waals surface area contributed by atoms with Crippen LogP contribution in [0.25, 0.3) is 0 Å². The summed E-state index contributed by atoms with van der Waals surface area (Å²) in [6.45, 7) is 1.95. The maximum Gasteiger partial charge on any atom is 0.250 e. The van der Waals surface area contributed by atoms with Gasteiger partial charge in [-0.2, -0.15) is 0 Å². The quantitative estimate of drug-likeness (QED) is 0.0913. The molecule has 0 aromatic rings. The molecule has 0 aromatic heterocycles. The first-order valence-electron chi connectivity index (χ1n) is 14.4. The third-order valence-electron chi connectivity index (χ3n) is 8.47. The highest BCUT2D eigenvalue weighted by Crippen LogP contribution is 2.37. The second kappa shape index (κ2) is 15.2. The van der Waals surface area contributed by atoms with Crippen molar-refractivity contribution in [3.63, 3.8) is 0 Å². The van der Waals surface area contributed by atoms with Crippen LogP contribution in [-0.4, -0.2) is 166 Å². The van der Waals surface area contributed by atoms with Crippen LogP contribution in [-0.2, 0) is 19.0 Å². The Balaban J connectivity index is 1.87. The molecule has 2 saturated heterocycles. The lowest BCUT2D eigenvalue weighted by atomic mass is 9.72. The normalized spacial score (nSPS) is 45.4. The van der Waals surface area contributed by atoms with E-state index in [0.29, 0.717) is 19.5 Å². The Labute approximate surface area is 244 Å². The molecular weight excluding hydrogens is 560 g/mol. The molecule has 1 amide bonds. The average Bonchev–Trinajstić information content (AvgIpc) is 2.94. The van der Waals surface area contributed by atoms with Gasteiger partial charge in [0.15, 0.2) is 6.29 Å². The van der Waals surface area contributed by atoms with Crippen LogP contribution in [0, 0.1) is 5.92 Å². The van der Waals surface area contributed by atoms with E-state index in [2.05, 4.69) is 16.0 Å². The molecular formula is C25H50N6O11. The molecule has 2 aliphatic heterocycles. The van der Waals surface area contributed by atoms with Gasteiger partial charge in [-0.25, -0.2) is 0 Å². The predicted octanol–water partition coefficient (Wildman–Crippen LogP) is -7.27. The van der Waals surface area contributed by atoms with Gasteiger partial charge in [0, 0.05) is 25.0 Å². The van der Waals surface area contributed by atoms with Gasteiger partial charge in [-0.15, -0.1) is 0 Å². The van der Waals surface area contributed by atoms with Gasteiger partial charge in [-0.3, -0.25) is 4.79 Å². The zero-order valence-corrected chi connectivity index (χ0v) is 24.0. The molecule has 16 N–H and O–H groups in total. The Kier molecular flexibility index (Phi) is 12.8. The lowest BCUT2D eigenvalue weighted by Crippen LogP contribution is -2.71. The van der Waals surface area contributed by atoms with Gasteiger partial charge in [0.1, 0.15) is 42.2 Å². The predicted molar refractivity (Wildman–Crippen MR) is 146 cm³/mol. The van der Waals surface area contributed by atoms with Crippen LogP contribution < -0.4 is 33.2 Å². The third-order valence-corrected chi connectivity index (χ3v) is 8.47. The van der Waals surface area contributed by atoms with Gasteiger partial charge in [-0.05, 0) is 39.9 Å². The van der Waals surface area contributed by atoms with Crippen molar-refractivity contribution in [3.05, 3.63) is 0 Å². The van der Waals surface area contributed by atoms with Crippen LogP contribution in [0.3, 0.4) is 0 Å². The zero-order valence-electron chi connectivity index (χ0n) is 24.0. The largest absolute Gasteiger partial charge is 0.390 e. The fourth-order valence-corrected chi connectivity index (χ4v) is 6.09. The Morgan fingerprint density at radius 1 is 1.10 bits per heavy atom. The Morgan fingerprint density at radius 2 is 1.79 bits per heavy atom. The van der Waals surface area contributed by atoms with Gasteiger partial charge in [0.05, 0.1) is 37.0 Å². The molecule has 0 aromatic carbocycles. The Morgan fingerprint density at radius 3 is 2.40 bits per heavy atom. The number of amides is 1. The summed E-state index contributed by atoms with van der Waals surface area (Å²) in [7, 11) is 1.54. The average molecular weight is 611 g/mol. The van der Waals surface area contributed by atoms with E-state index in [0.717, 1.165) is 0 Å². The first-order valence-corrected chi connectivity index (χ1v) is 14.4. The molecule has 3 aliphatic rings. The van der Waals surface area contributed by atoms with Crippen LogP contribution in [0.1, 0.15) is 19.8 Å². The molecule has 3 fully saturated rings. The maximum atomic E-state index is 12.6. The van der Waals surface area contributed by atoms with Crippen LogP contribution in [0.15, 0.2) is 0 Å². The minimum atomic E-state index is -1.64. The van der Waals surface area contributed by atoms with E-state index in [4.69, 9.17) is 31.4 Å². The van der Waals surface area contributed by atoms with Crippen molar-refractivity contribution in [2.24, 2.45) is 23.1 Å². The molecule has 15 atom stereocenters. The lowest BCUT2D eigenvalue weighted by molar-refractivity contribution is -0.303. The molecule has 17 nitrogen and oxygen atoms in total. The summed E-state index contributed by atoms with van der Waals surface area (Å²) in [5.41, 5.74) is 15.9. The van der Waals surface area contributed by atoms with Crippen LogP contribution in [0.2, 0.25) is 0 Å². The molecule has 42 heavy (non-hydrogen) atoms. The Bertz CT molecular complexity index is 862. The zero-order chi connectivity index (χ0) is 31.4. The number of hydrogen-bond acceptors (Lipinski definition) is 16. The van der Waals surface area contributed by atoms with Gasteiger partial charge < -0.3 is 83.1 Å². The molecule has 15 unspecified atom stereocenters.